The van der Waals surface area contributed by atoms with Crippen LogP contribution < -0.4 is 20.9 Å². The number of nitrogens with two attached hydrogens (primary N) is 2. The summed E-state index contributed by atoms with van der Waals surface area (Å²) in [6.45, 7) is 3.91. The third-order valence-electron chi connectivity index (χ3n) is 2.82. The zero-order valence-electron chi connectivity index (χ0n) is 12.3. The Hall–Kier alpha value is -1.64. The van der Waals surface area contributed by atoms with Gasteiger partial charge in [-0.25, -0.2) is 13.6 Å². The second kappa shape index (κ2) is 6.88. The predicted molar refractivity (Wildman–Crippen MR) is 80.4 cm³/mol. The average molecular weight is 315 g/mol. The Morgan fingerprint density at radius 1 is 1.38 bits per heavy atom. The van der Waals surface area contributed by atoms with E-state index in [-0.39, 0.29) is 16.5 Å². The number of benzene rings is 1. The number of nitrogens with one attached hydrogen (secondary N) is 1. The maximum absolute atomic E-state index is 12.0. The first-order chi connectivity index (χ1) is 9.65. The van der Waals surface area contributed by atoms with Gasteiger partial charge >= 0.3 is 0 Å². The number of amides is 1. The van der Waals surface area contributed by atoms with Crippen LogP contribution in [0.3, 0.4) is 0 Å². The van der Waals surface area contributed by atoms with Crippen molar-refractivity contribution in [2.45, 2.75) is 31.2 Å². The Balaban J connectivity index is 3.03. The van der Waals surface area contributed by atoms with Crippen LogP contribution >= 0.6 is 0 Å². The van der Waals surface area contributed by atoms with Crippen molar-refractivity contribution in [3.63, 3.8) is 0 Å². The highest BCUT2D eigenvalue weighted by Gasteiger charge is 2.18. The number of carbonyl (C=O) groups excluding carboxylic acids is 1. The van der Waals surface area contributed by atoms with Gasteiger partial charge in [-0.05, 0) is 30.5 Å². The lowest BCUT2D eigenvalue weighted by atomic mass is 10.0. The van der Waals surface area contributed by atoms with Gasteiger partial charge in [0.1, 0.15) is 5.75 Å². The number of methoxy groups -OCH3 is 1. The summed E-state index contributed by atoms with van der Waals surface area (Å²) in [6.07, 6.45) is 0.517. The molecule has 1 atom stereocenters. The van der Waals surface area contributed by atoms with Gasteiger partial charge in [0.25, 0.3) is 0 Å². The number of carbonyl (C=O) groups is 1. The molecule has 0 bridgehead atoms. The smallest absolute Gasteiger partial charge is 0.241 e. The second-order valence-electron chi connectivity index (χ2n) is 5.13. The summed E-state index contributed by atoms with van der Waals surface area (Å²) in [5.74, 6) is 0.185. The van der Waals surface area contributed by atoms with E-state index in [9.17, 15) is 13.2 Å². The Morgan fingerprint density at radius 2 is 2.00 bits per heavy atom. The van der Waals surface area contributed by atoms with Crippen LogP contribution in [0.2, 0.25) is 0 Å². The molecule has 1 amide bonds. The molecule has 5 N–H and O–H groups in total. The standard InChI is InChI=1S/C13H21N3O4S/c1-8(2)6-10(14)13(17)16-11-7-9(21(15,18)19)4-5-12(11)20-3/h4-5,7-8,10H,6,14H2,1-3H3,(H,16,17)(H2,15,18,19)/t10-/m0/s1. The van der Waals surface area contributed by atoms with Gasteiger partial charge in [-0.1, -0.05) is 13.8 Å². The molecule has 0 aromatic heterocycles. The van der Waals surface area contributed by atoms with Crippen molar-refractivity contribution in [1.82, 2.24) is 0 Å². The molecule has 0 spiro atoms. The number of hydrogen-bond donors (Lipinski definition) is 3. The number of primary sulfonamides is 1. The van der Waals surface area contributed by atoms with Crippen LogP contribution in [0.4, 0.5) is 5.69 Å². The van der Waals surface area contributed by atoms with E-state index < -0.39 is 22.0 Å². The molecule has 0 aliphatic heterocycles. The Bertz CT molecular complexity index is 614. The molecular weight excluding hydrogens is 294 g/mol. The number of sulfonamides is 1. The largest absolute Gasteiger partial charge is 0.495 e. The molecule has 0 saturated carbocycles. The fraction of sp³-hybridized carbons (Fsp3) is 0.462. The Labute approximate surface area is 124 Å². The lowest BCUT2D eigenvalue weighted by Gasteiger charge is -2.16. The SMILES string of the molecule is COc1ccc(S(N)(=O)=O)cc1NC(=O)[C@@H](N)CC(C)C. The van der Waals surface area contributed by atoms with E-state index in [0.717, 1.165) is 0 Å². The fourth-order valence-corrected chi connectivity index (χ4v) is 2.34. The van der Waals surface area contributed by atoms with Crippen molar-refractivity contribution in [3.05, 3.63) is 18.2 Å². The van der Waals surface area contributed by atoms with Crippen LogP contribution in [-0.2, 0) is 14.8 Å². The number of hydrogen-bond acceptors (Lipinski definition) is 5. The number of ether oxygens (including phenoxy) is 1. The summed E-state index contributed by atoms with van der Waals surface area (Å²) in [4.78, 5) is 11.9. The van der Waals surface area contributed by atoms with Gasteiger partial charge in [0, 0.05) is 0 Å². The van der Waals surface area contributed by atoms with E-state index >= 15 is 0 Å². The highest BCUT2D eigenvalue weighted by molar-refractivity contribution is 7.89. The van der Waals surface area contributed by atoms with E-state index in [2.05, 4.69) is 5.32 Å². The zero-order valence-corrected chi connectivity index (χ0v) is 13.1. The number of rotatable bonds is 6. The number of anilines is 1. The lowest BCUT2D eigenvalue weighted by Crippen LogP contribution is -2.36. The topological polar surface area (TPSA) is 125 Å². The Kier molecular flexibility index (Phi) is 5.70. The molecule has 0 aliphatic carbocycles. The first-order valence-corrected chi connectivity index (χ1v) is 7.97. The van der Waals surface area contributed by atoms with E-state index in [1.807, 2.05) is 13.8 Å². The molecular formula is C13H21N3O4S. The molecule has 118 valence electrons. The fourth-order valence-electron chi connectivity index (χ4n) is 1.80. The highest BCUT2D eigenvalue weighted by Crippen LogP contribution is 2.27. The predicted octanol–water partition coefficient (Wildman–Crippen LogP) is 0.655. The third kappa shape index (κ3) is 5.00. The van der Waals surface area contributed by atoms with Crippen molar-refractivity contribution in [2.24, 2.45) is 16.8 Å². The minimum Gasteiger partial charge on any atom is -0.495 e. The summed E-state index contributed by atoms with van der Waals surface area (Å²) in [5.41, 5.74) is 6.00. The molecule has 0 fully saturated rings. The highest BCUT2D eigenvalue weighted by atomic mass is 32.2. The van der Waals surface area contributed by atoms with Crippen LogP contribution in [0, 0.1) is 5.92 Å². The Morgan fingerprint density at radius 3 is 2.48 bits per heavy atom. The summed E-state index contributed by atoms with van der Waals surface area (Å²) >= 11 is 0. The molecule has 1 rings (SSSR count). The molecule has 0 radical (unpaired) electrons. The molecule has 1 aromatic rings. The van der Waals surface area contributed by atoms with Crippen molar-refractivity contribution in [2.75, 3.05) is 12.4 Å². The van der Waals surface area contributed by atoms with Crippen LogP contribution in [0.15, 0.2) is 23.1 Å². The van der Waals surface area contributed by atoms with Crippen LogP contribution in [-0.4, -0.2) is 27.5 Å². The second-order valence-corrected chi connectivity index (χ2v) is 6.69. The summed E-state index contributed by atoms with van der Waals surface area (Å²) in [6, 6.07) is 3.28. The quantitative estimate of drug-likeness (QED) is 0.711. The third-order valence-corrected chi connectivity index (χ3v) is 3.73. The first-order valence-electron chi connectivity index (χ1n) is 6.42. The van der Waals surface area contributed by atoms with Crippen LogP contribution in [0.1, 0.15) is 20.3 Å². The van der Waals surface area contributed by atoms with Gasteiger partial charge in [-0.3, -0.25) is 4.79 Å². The van der Waals surface area contributed by atoms with Gasteiger partial charge in [0.15, 0.2) is 0 Å². The molecule has 21 heavy (non-hydrogen) atoms. The van der Waals surface area contributed by atoms with Crippen molar-refractivity contribution in [3.8, 4) is 5.75 Å². The van der Waals surface area contributed by atoms with Crippen molar-refractivity contribution < 1.29 is 17.9 Å². The average Bonchev–Trinajstić information content (AvgIpc) is 2.36. The molecule has 8 heteroatoms. The first kappa shape index (κ1) is 17.4. The van der Waals surface area contributed by atoms with Gasteiger partial charge in [0.05, 0.1) is 23.7 Å². The van der Waals surface area contributed by atoms with Gasteiger partial charge in [-0.15, -0.1) is 0 Å². The zero-order chi connectivity index (χ0) is 16.2. The molecule has 1 aromatic carbocycles. The summed E-state index contributed by atoms with van der Waals surface area (Å²) in [7, 11) is -2.45. The normalized spacial score (nSPS) is 13.0. The molecule has 0 unspecified atom stereocenters. The minimum absolute atomic E-state index is 0.115. The summed E-state index contributed by atoms with van der Waals surface area (Å²) < 4.78 is 27.8. The maximum Gasteiger partial charge on any atom is 0.241 e. The molecule has 0 saturated heterocycles. The van der Waals surface area contributed by atoms with Gasteiger partial charge in [-0.2, -0.15) is 0 Å². The van der Waals surface area contributed by atoms with Crippen molar-refractivity contribution in [1.29, 1.82) is 0 Å². The molecule has 7 nitrogen and oxygen atoms in total. The minimum atomic E-state index is -3.86. The van der Waals surface area contributed by atoms with Crippen LogP contribution in [0.25, 0.3) is 0 Å². The molecule has 0 aliphatic rings. The molecule has 0 heterocycles. The summed E-state index contributed by atoms with van der Waals surface area (Å²) in [5, 5.41) is 7.64. The van der Waals surface area contributed by atoms with Crippen LogP contribution in [0.5, 0.6) is 5.75 Å². The van der Waals surface area contributed by atoms with Gasteiger partial charge in [0.2, 0.25) is 15.9 Å². The van der Waals surface area contributed by atoms with Gasteiger partial charge < -0.3 is 15.8 Å². The van der Waals surface area contributed by atoms with E-state index in [4.69, 9.17) is 15.6 Å². The monoisotopic (exact) mass is 315 g/mol. The van der Waals surface area contributed by atoms with E-state index in [1.165, 1.54) is 25.3 Å². The van der Waals surface area contributed by atoms with E-state index in [1.54, 1.807) is 0 Å². The lowest BCUT2D eigenvalue weighted by molar-refractivity contribution is -0.117. The maximum atomic E-state index is 12.0. The van der Waals surface area contributed by atoms with E-state index in [0.29, 0.717) is 12.2 Å². The van der Waals surface area contributed by atoms with Crippen molar-refractivity contribution >= 4 is 21.6 Å².